The number of rotatable bonds is 4. The highest BCUT2D eigenvalue weighted by molar-refractivity contribution is 7.89. The van der Waals surface area contributed by atoms with E-state index in [-0.39, 0.29) is 6.04 Å². The van der Waals surface area contributed by atoms with Crippen molar-refractivity contribution in [1.29, 1.82) is 0 Å². The first-order valence-corrected chi connectivity index (χ1v) is 8.84. The lowest BCUT2D eigenvalue weighted by Crippen LogP contribution is -2.44. The lowest BCUT2D eigenvalue weighted by Gasteiger charge is -2.28. The normalized spacial score (nSPS) is 24.6. The minimum absolute atomic E-state index is 0.0552. The van der Waals surface area contributed by atoms with Gasteiger partial charge in [0.05, 0.1) is 6.20 Å². The van der Waals surface area contributed by atoms with Crippen LogP contribution in [0.2, 0.25) is 0 Å². The highest BCUT2D eigenvalue weighted by Gasteiger charge is 2.29. The van der Waals surface area contributed by atoms with Gasteiger partial charge in [-0.1, -0.05) is 0 Å². The van der Waals surface area contributed by atoms with Crippen LogP contribution in [0.3, 0.4) is 0 Å². The Morgan fingerprint density at radius 1 is 1.50 bits per heavy atom. The molecular formula is C13H22N4O2S. The smallest absolute Gasteiger partial charge is 0.258 e. The average Bonchev–Trinajstić information content (AvgIpc) is 3.01. The number of nitrogens with zero attached hydrogens (tertiary/aromatic N) is 2. The molecule has 3 heterocycles. The summed E-state index contributed by atoms with van der Waals surface area (Å²) in [5.41, 5.74) is 0. The zero-order chi connectivity index (χ0) is 14.2. The number of hydrogen-bond acceptors (Lipinski definition) is 4. The molecule has 0 bridgehead atoms. The van der Waals surface area contributed by atoms with E-state index in [1.165, 1.54) is 6.20 Å². The molecule has 0 amide bonds. The van der Waals surface area contributed by atoms with Gasteiger partial charge in [-0.25, -0.2) is 18.1 Å². The molecule has 6 nitrogen and oxygen atoms in total. The third-order valence-corrected chi connectivity index (χ3v) is 5.90. The summed E-state index contributed by atoms with van der Waals surface area (Å²) in [5, 5.41) is 3.65. The Balaban J connectivity index is 1.74. The van der Waals surface area contributed by atoms with E-state index in [2.05, 4.69) is 15.0 Å². The third-order valence-electron chi connectivity index (χ3n) is 4.34. The van der Waals surface area contributed by atoms with Gasteiger partial charge in [-0.05, 0) is 45.2 Å². The van der Waals surface area contributed by atoms with Crippen LogP contribution in [-0.2, 0) is 23.0 Å². The number of piperidine rings is 1. The second-order valence-corrected chi connectivity index (χ2v) is 7.45. The Morgan fingerprint density at radius 3 is 3.10 bits per heavy atom. The number of fused-ring (bicyclic) bond motifs is 1. The predicted molar refractivity (Wildman–Crippen MR) is 75.9 cm³/mol. The van der Waals surface area contributed by atoms with Crippen molar-refractivity contribution in [3.63, 3.8) is 0 Å². The van der Waals surface area contributed by atoms with Crippen molar-refractivity contribution >= 4 is 10.0 Å². The molecule has 0 aromatic carbocycles. The fraction of sp³-hybridized carbons (Fsp3) is 0.769. The molecule has 3 rings (SSSR count). The van der Waals surface area contributed by atoms with Crippen LogP contribution in [0, 0.1) is 5.92 Å². The van der Waals surface area contributed by atoms with E-state index in [1.807, 2.05) is 11.5 Å². The van der Waals surface area contributed by atoms with Crippen molar-refractivity contribution in [2.45, 2.75) is 50.2 Å². The number of imidazole rings is 1. The molecule has 0 spiro atoms. The highest BCUT2D eigenvalue weighted by Crippen LogP contribution is 2.21. The average molecular weight is 298 g/mol. The molecule has 0 saturated carbocycles. The van der Waals surface area contributed by atoms with Crippen molar-refractivity contribution in [2.75, 3.05) is 13.1 Å². The maximum Gasteiger partial charge on any atom is 0.258 e. The van der Waals surface area contributed by atoms with Gasteiger partial charge in [0.1, 0.15) is 5.82 Å². The lowest BCUT2D eigenvalue weighted by molar-refractivity contribution is 0.320. The molecule has 2 aliphatic heterocycles. The number of sulfonamides is 1. The van der Waals surface area contributed by atoms with Gasteiger partial charge in [0.15, 0.2) is 5.03 Å². The van der Waals surface area contributed by atoms with Crippen LogP contribution in [0.4, 0.5) is 0 Å². The molecule has 1 aromatic rings. The van der Waals surface area contributed by atoms with Crippen molar-refractivity contribution in [1.82, 2.24) is 19.6 Å². The predicted octanol–water partition coefficient (Wildman–Crippen LogP) is 0.496. The van der Waals surface area contributed by atoms with E-state index in [9.17, 15) is 8.42 Å². The molecule has 112 valence electrons. The van der Waals surface area contributed by atoms with Gasteiger partial charge in [-0.15, -0.1) is 0 Å². The van der Waals surface area contributed by atoms with Gasteiger partial charge in [0.2, 0.25) is 0 Å². The standard InChI is InChI=1S/C13H22N4O2S/c1-10(11-4-2-6-14-8-11)16-20(18,19)13-9-15-12-5-3-7-17(12)13/h9-11,14,16H,2-8H2,1H3. The van der Waals surface area contributed by atoms with E-state index in [0.717, 1.165) is 51.1 Å². The van der Waals surface area contributed by atoms with Crippen molar-refractivity contribution in [2.24, 2.45) is 5.92 Å². The maximum atomic E-state index is 12.5. The summed E-state index contributed by atoms with van der Waals surface area (Å²) in [6.07, 6.45) is 5.52. The molecule has 2 N–H and O–H groups in total. The first kappa shape index (κ1) is 14.0. The Morgan fingerprint density at radius 2 is 2.35 bits per heavy atom. The van der Waals surface area contributed by atoms with Crippen LogP contribution in [0.5, 0.6) is 0 Å². The van der Waals surface area contributed by atoms with Gasteiger partial charge < -0.3 is 9.88 Å². The van der Waals surface area contributed by atoms with E-state index in [1.54, 1.807) is 0 Å². The quantitative estimate of drug-likeness (QED) is 0.848. The first-order chi connectivity index (χ1) is 9.58. The summed E-state index contributed by atoms with van der Waals surface area (Å²) < 4.78 is 29.7. The molecule has 1 saturated heterocycles. The molecule has 0 radical (unpaired) electrons. The number of nitrogens with one attached hydrogen (secondary N) is 2. The first-order valence-electron chi connectivity index (χ1n) is 7.35. The molecule has 7 heteroatoms. The van der Waals surface area contributed by atoms with Crippen LogP contribution in [-0.4, -0.2) is 37.1 Å². The van der Waals surface area contributed by atoms with Gasteiger partial charge in [-0.2, -0.15) is 0 Å². The second-order valence-electron chi connectivity index (χ2n) is 5.78. The molecule has 2 aliphatic rings. The van der Waals surface area contributed by atoms with Crippen LogP contribution >= 0.6 is 0 Å². The zero-order valence-corrected chi connectivity index (χ0v) is 12.6. The molecule has 1 fully saturated rings. The van der Waals surface area contributed by atoms with Crippen molar-refractivity contribution in [3.05, 3.63) is 12.0 Å². The number of aryl methyl sites for hydroxylation is 1. The van der Waals surface area contributed by atoms with Crippen LogP contribution in [0.1, 0.15) is 32.0 Å². The monoisotopic (exact) mass is 298 g/mol. The SMILES string of the molecule is CC(NS(=O)(=O)c1cnc2n1CCC2)C1CCCNC1. The van der Waals surface area contributed by atoms with Crippen LogP contribution in [0.25, 0.3) is 0 Å². The molecule has 2 atom stereocenters. The number of aromatic nitrogens is 2. The largest absolute Gasteiger partial charge is 0.318 e. The Bertz CT molecular complexity index is 575. The molecule has 2 unspecified atom stereocenters. The third kappa shape index (κ3) is 2.62. The topological polar surface area (TPSA) is 76.0 Å². The Labute approximate surface area is 120 Å². The summed E-state index contributed by atoms with van der Waals surface area (Å²) >= 11 is 0. The van der Waals surface area contributed by atoms with Crippen LogP contribution in [0.15, 0.2) is 11.2 Å². The Hall–Kier alpha value is -0.920. The van der Waals surface area contributed by atoms with E-state index in [4.69, 9.17) is 0 Å². The second kappa shape index (κ2) is 5.46. The molecule has 0 aliphatic carbocycles. The van der Waals surface area contributed by atoms with Gasteiger partial charge >= 0.3 is 0 Å². The van der Waals surface area contributed by atoms with Gasteiger partial charge in [0, 0.05) is 19.0 Å². The van der Waals surface area contributed by atoms with E-state index in [0.29, 0.717) is 10.9 Å². The van der Waals surface area contributed by atoms with Crippen LogP contribution < -0.4 is 10.0 Å². The summed E-state index contributed by atoms with van der Waals surface area (Å²) in [6.45, 7) is 4.63. The van der Waals surface area contributed by atoms with Gasteiger partial charge in [-0.3, -0.25) is 0 Å². The van der Waals surface area contributed by atoms with Gasteiger partial charge in [0.25, 0.3) is 10.0 Å². The summed E-state index contributed by atoms with van der Waals surface area (Å²) in [5.74, 6) is 1.25. The summed E-state index contributed by atoms with van der Waals surface area (Å²) in [7, 11) is -3.47. The molecule has 1 aromatic heterocycles. The van der Waals surface area contributed by atoms with E-state index >= 15 is 0 Å². The minimum atomic E-state index is -3.47. The van der Waals surface area contributed by atoms with Crippen molar-refractivity contribution < 1.29 is 8.42 Å². The lowest BCUT2D eigenvalue weighted by atomic mass is 9.94. The highest BCUT2D eigenvalue weighted by atomic mass is 32.2. The summed E-state index contributed by atoms with van der Waals surface area (Å²) in [4.78, 5) is 4.21. The fourth-order valence-electron chi connectivity index (χ4n) is 3.15. The Kier molecular flexibility index (Phi) is 3.83. The fourth-order valence-corrected chi connectivity index (χ4v) is 4.63. The maximum absolute atomic E-state index is 12.5. The number of hydrogen-bond donors (Lipinski definition) is 2. The molecular weight excluding hydrogens is 276 g/mol. The summed E-state index contributed by atoms with van der Waals surface area (Å²) in [6, 6.07) is -0.0552. The van der Waals surface area contributed by atoms with E-state index < -0.39 is 10.0 Å². The minimum Gasteiger partial charge on any atom is -0.318 e. The molecule has 20 heavy (non-hydrogen) atoms. The van der Waals surface area contributed by atoms with Crippen molar-refractivity contribution in [3.8, 4) is 0 Å². The zero-order valence-electron chi connectivity index (χ0n) is 11.8.